The average Bonchev–Trinajstić information content (AvgIpc) is 3.08. The number of halogens is 1. The Morgan fingerprint density at radius 3 is 2.71 bits per heavy atom. The Morgan fingerprint density at radius 1 is 1.21 bits per heavy atom. The van der Waals surface area contributed by atoms with E-state index in [0.29, 0.717) is 19.8 Å². The molecule has 0 atom stereocenters. The summed E-state index contributed by atoms with van der Waals surface area (Å²) in [4.78, 5) is 8.79. The van der Waals surface area contributed by atoms with Gasteiger partial charge in [-0.25, -0.2) is 4.98 Å². The first-order valence-corrected chi connectivity index (χ1v) is 10.1. The summed E-state index contributed by atoms with van der Waals surface area (Å²) in [6.45, 7) is 6.70. The predicted octanol–water partition coefficient (Wildman–Crippen LogP) is 3.70. The molecule has 0 aliphatic heterocycles. The van der Waals surface area contributed by atoms with Crippen LogP contribution in [0.4, 0.5) is 0 Å². The number of nitrogens with one attached hydrogen (secondary N) is 2. The second-order valence-corrected chi connectivity index (χ2v) is 7.23. The highest BCUT2D eigenvalue weighted by atomic mass is 127. The third-order valence-electron chi connectivity index (χ3n) is 3.96. The lowest BCUT2D eigenvalue weighted by Crippen LogP contribution is -2.37. The van der Waals surface area contributed by atoms with Crippen LogP contribution in [-0.4, -0.2) is 44.9 Å². The van der Waals surface area contributed by atoms with Gasteiger partial charge >= 0.3 is 0 Å². The van der Waals surface area contributed by atoms with Crippen molar-refractivity contribution in [3.05, 3.63) is 45.4 Å². The Hall–Kier alpha value is -1.39. The molecule has 0 aliphatic rings. The van der Waals surface area contributed by atoms with Gasteiger partial charge < -0.3 is 20.1 Å². The fourth-order valence-electron chi connectivity index (χ4n) is 2.54. The smallest absolute Gasteiger partial charge is 0.191 e. The van der Waals surface area contributed by atoms with E-state index in [1.54, 1.807) is 25.5 Å². The maximum Gasteiger partial charge on any atom is 0.191 e. The molecule has 156 valence electrons. The molecule has 28 heavy (non-hydrogen) atoms. The molecule has 0 unspecified atom stereocenters. The molecule has 0 spiro atoms. The number of rotatable bonds is 10. The molecule has 0 bridgehead atoms. The van der Waals surface area contributed by atoms with Gasteiger partial charge in [-0.15, -0.1) is 35.3 Å². The second kappa shape index (κ2) is 13.7. The number of ether oxygens (including phenoxy) is 2. The fourth-order valence-corrected chi connectivity index (χ4v) is 3.36. The van der Waals surface area contributed by atoms with Gasteiger partial charge in [-0.2, -0.15) is 0 Å². The fraction of sp³-hybridized carbons (Fsp3) is 0.500. The number of methoxy groups -OCH3 is 1. The van der Waals surface area contributed by atoms with Crippen molar-refractivity contribution < 1.29 is 9.47 Å². The number of hydrogen-bond donors (Lipinski definition) is 2. The minimum atomic E-state index is 0. The van der Waals surface area contributed by atoms with Crippen molar-refractivity contribution >= 4 is 41.3 Å². The van der Waals surface area contributed by atoms with Gasteiger partial charge in [-0.05, 0) is 31.9 Å². The Kier molecular flexibility index (Phi) is 12.1. The van der Waals surface area contributed by atoms with Crippen LogP contribution in [0.15, 0.2) is 28.6 Å². The summed E-state index contributed by atoms with van der Waals surface area (Å²) in [5, 5.41) is 9.99. The zero-order chi connectivity index (χ0) is 19.5. The van der Waals surface area contributed by atoms with Crippen LogP contribution in [0.3, 0.4) is 0 Å². The summed E-state index contributed by atoms with van der Waals surface area (Å²) in [7, 11) is 3.46. The predicted molar refractivity (Wildman–Crippen MR) is 127 cm³/mol. The van der Waals surface area contributed by atoms with Crippen LogP contribution in [0, 0.1) is 13.8 Å². The molecule has 1 aromatic carbocycles. The maximum atomic E-state index is 5.84. The number of nitrogens with zero attached hydrogens (tertiary/aromatic N) is 2. The Morgan fingerprint density at radius 2 is 2.04 bits per heavy atom. The molecule has 0 radical (unpaired) electrons. The first kappa shape index (κ1) is 24.6. The van der Waals surface area contributed by atoms with E-state index in [4.69, 9.17) is 9.47 Å². The largest absolute Gasteiger partial charge is 0.491 e. The van der Waals surface area contributed by atoms with E-state index >= 15 is 0 Å². The van der Waals surface area contributed by atoms with Crippen molar-refractivity contribution in [3.8, 4) is 5.75 Å². The van der Waals surface area contributed by atoms with Gasteiger partial charge in [0, 0.05) is 50.3 Å². The molecule has 0 saturated carbocycles. The highest BCUT2D eigenvalue weighted by molar-refractivity contribution is 14.0. The molecule has 2 rings (SSSR count). The monoisotopic (exact) mass is 518 g/mol. The van der Waals surface area contributed by atoms with Crippen LogP contribution in [0.25, 0.3) is 0 Å². The van der Waals surface area contributed by atoms with E-state index in [0.717, 1.165) is 42.4 Å². The zero-order valence-corrected chi connectivity index (χ0v) is 20.2. The van der Waals surface area contributed by atoms with E-state index in [9.17, 15) is 0 Å². The number of aromatic nitrogens is 1. The highest BCUT2D eigenvalue weighted by Gasteiger charge is 2.06. The number of guanidine groups is 1. The van der Waals surface area contributed by atoms with Crippen LogP contribution in [-0.2, 0) is 17.7 Å². The van der Waals surface area contributed by atoms with Gasteiger partial charge in [0.2, 0.25) is 0 Å². The first-order chi connectivity index (χ1) is 13.1. The summed E-state index contributed by atoms with van der Waals surface area (Å²) < 4.78 is 10.9. The molecule has 2 aromatic rings. The van der Waals surface area contributed by atoms with Crippen molar-refractivity contribution in [1.82, 2.24) is 15.6 Å². The third kappa shape index (κ3) is 8.74. The Balaban J connectivity index is 0.00000392. The lowest BCUT2D eigenvalue weighted by atomic mass is 10.1. The zero-order valence-electron chi connectivity index (χ0n) is 17.1. The molecule has 0 amide bonds. The van der Waals surface area contributed by atoms with Crippen molar-refractivity contribution in [3.63, 3.8) is 0 Å². The van der Waals surface area contributed by atoms with Crippen molar-refractivity contribution in [2.45, 2.75) is 33.2 Å². The van der Waals surface area contributed by atoms with Crippen LogP contribution < -0.4 is 15.4 Å². The minimum Gasteiger partial charge on any atom is -0.491 e. The maximum absolute atomic E-state index is 5.84. The molecule has 0 fully saturated rings. The summed E-state index contributed by atoms with van der Waals surface area (Å²) >= 11 is 1.72. The molecule has 8 heteroatoms. The molecule has 0 saturated heterocycles. The van der Waals surface area contributed by atoms with Crippen molar-refractivity contribution in [2.75, 3.05) is 33.9 Å². The summed E-state index contributed by atoms with van der Waals surface area (Å²) in [5.74, 6) is 1.67. The summed E-state index contributed by atoms with van der Waals surface area (Å²) in [6.07, 6.45) is 2.00. The Labute approximate surface area is 189 Å². The van der Waals surface area contributed by atoms with Crippen LogP contribution in [0.2, 0.25) is 0 Å². The molecular formula is C20H31IN4O2S. The van der Waals surface area contributed by atoms with Crippen LogP contribution in [0.1, 0.15) is 28.2 Å². The van der Waals surface area contributed by atoms with E-state index in [-0.39, 0.29) is 24.0 Å². The van der Waals surface area contributed by atoms with Crippen LogP contribution >= 0.6 is 35.3 Å². The standard InChI is InChI=1S/C20H30N4O2S.HI/c1-15-7-8-17(18(12-15)26-11-10-25-4)13-23-20(21-3)22-9-5-6-19-24-16(2)14-27-19;/h7-8,12,14H,5-6,9-11,13H2,1-4H3,(H2,21,22,23);1H. The minimum absolute atomic E-state index is 0. The van der Waals surface area contributed by atoms with E-state index in [1.165, 1.54) is 10.6 Å². The molecule has 6 nitrogen and oxygen atoms in total. The van der Waals surface area contributed by atoms with Gasteiger partial charge in [0.15, 0.2) is 5.96 Å². The first-order valence-electron chi connectivity index (χ1n) is 9.19. The van der Waals surface area contributed by atoms with E-state index < -0.39 is 0 Å². The third-order valence-corrected chi connectivity index (χ3v) is 4.99. The van der Waals surface area contributed by atoms with Gasteiger partial charge in [0.1, 0.15) is 12.4 Å². The molecular weight excluding hydrogens is 487 g/mol. The normalized spacial score (nSPS) is 11.1. The number of aliphatic imine (C=N–C) groups is 1. The number of aryl methyl sites for hydroxylation is 3. The number of hydrogen-bond acceptors (Lipinski definition) is 5. The molecule has 0 aliphatic carbocycles. The highest BCUT2D eigenvalue weighted by Crippen LogP contribution is 2.20. The second-order valence-electron chi connectivity index (χ2n) is 6.29. The van der Waals surface area contributed by atoms with Gasteiger partial charge in [-0.3, -0.25) is 4.99 Å². The molecule has 2 N–H and O–H groups in total. The Bertz CT molecular complexity index is 737. The SMILES string of the molecule is CN=C(NCCCc1nc(C)cs1)NCc1ccc(C)cc1OCCOC.I. The van der Waals surface area contributed by atoms with Gasteiger partial charge in [0.25, 0.3) is 0 Å². The topological polar surface area (TPSA) is 67.8 Å². The average molecular weight is 518 g/mol. The summed E-state index contributed by atoms with van der Waals surface area (Å²) in [5.41, 5.74) is 3.37. The summed E-state index contributed by atoms with van der Waals surface area (Å²) in [6, 6.07) is 6.23. The van der Waals surface area contributed by atoms with Crippen molar-refractivity contribution in [2.24, 2.45) is 4.99 Å². The number of benzene rings is 1. The lowest BCUT2D eigenvalue weighted by Gasteiger charge is -2.15. The van der Waals surface area contributed by atoms with Gasteiger partial charge in [-0.1, -0.05) is 12.1 Å². The number of thiazole rings is 1. The van der Waals surface area contributed by atoms with Crippen molar-refractivity contribution in [1.29, 1.82) is 0 Å². The van der Waals surface area contributed by atoms with Crippen LogP contribution in [0.5, 0.6) is 5.75 Å². The molecule has 1 aromatic heterocycles. The molecule has 1 heterocycles. The van der Waals surface area contributed by atoms with E-state index in [2.05, 4.69) is 51.1 Å². The lowest BCUT2D eigenvalue weighted by molar-refractivity contribution is 0.145. The van der Waals surface area contributed by atoms with E-state index in [1.807, 2.05) is 6.92 Å². The quantitative estimate of drug-likeness (QED) is 0.217. The van der Waals surface area contributed by atoms with Gasteiger partial charge in [0.05, 0.1) is 11.6 Å².